The van der Waals surface area contributed by atoms with Crippen LogP contribution in [-0.4, -0.2) is 80.1 Å². The first-order valence-corrected chi connectivity index (χ1v) is 13.7. The predicted octanol–water partition coefficient (Wildman–Crippen LogP) is 1.48. The van der Waals surface area contributed by atoms with Gasteiger partial charge in [0.25, 0.3) is 0 Å². The number of benzene rings is 2. The van der Waals surface area contributed by atoms with Gasteiger partial charge in [-0.1, -0.05) is 42.5 Å². The maximum absolute atomic E-state index is 12.3. The molecule has 2 aromatic carbocycles. The Morgan fingerprint density at radius 1 is 1.18 bits per heavy atom. The molecular weight excluding hydrogens is 522 g/mol. The third-order valence-electron chi connectivity index (χ3n) is 6.87. The highest BCUT2D eigenvalue weighted by Crippen LogP contribution is 2.31. The number of nitrogens with one attached hydrogen (secondary N) is 2. The van der Waals surface area contributed by atoms with E-state index < -0.39 is 47.7 Å². The fourth-order valence-corrected chi connectivity index (χ4v) is 5.26. The van der Waals surface area contributed by atoms with Gasteiger partial charge in [0.05, 0.1) is 13.1 Å². The smallest absolute Gasteiger partial charge is 0.346 e. The molecule has 12 heteroatoms. The van der Waals surface area contributed by atoms with Gasteiger partial charge in [0.2, 0.25) is 11.8 Å². The van der Waals surface area contributed by atoms with E-state index in [-0.39, 0.29) is 25.0 Å². The number of nitrogens with zero attached hydrogens (tertiary/aromatic N) is 3. The van der Waals surface area contributed by atoms with Crippen molar-refractivity contribution in [2.45, 2.75) is 25.8 Å². The number of hydrogen-bond donors (Lipinski definition) is 3. The maximum atomic E-state index is 12.3. The highest BCUT2D eigenvalue weighted by molar-refractivity contribution is 7.76. The average Bonchev–Trinajstić information content (AvgIpc) is 2.93. The van der Waals surface area contributed by atoms with E-state index in [2.05, 4.69) is 52.8 Å². The Hall–Kier alpha value is -3.63. The van der Waals surface area contributed by atoms with Crippen LogP contribution in [0.1, 0.15) is 31.4 Å². The molecule has 1 fully saturated rings. The number of aliphatic carboxylic acids is 1. The Labute approximate surface area is 229 Å². The maximum Gasteiger partial charge on any atom is 0.346 e. The number of hydrogen-bond acceptors (Lipinski definition) is 7. The molecule has 2 amide bonds. The van der Waals surface area contributed by atoms with Crippen LogP contribution < -0.4 is 10.6 Å². The molecule has 0 bridgehead atoms. The van der Waals surface area contributed by atoms with Crippen molar-refractivity contribution in [3.05, 3.63) is 59.7 Å². The Morgan fingerprint density at radius 2 is 1.87 bits per heavy atom. The van der Waals surface area contributed by atoms with Crippen LogP contribution >= 0.6 is 0 Å². The molecule has 1 saturated heterocycles. The molecule has 2 unspecified atom stereocenters. The highest BCUT2D eigenvalue weighted by atomic mass is 32.2. The Bertz CT molecular complexity index is 1280. The summed E-state index contributed by atoms with van der Waals surface area (Å²) in [5, 5.41) is 24.6. The lowest BCUT2D eigenvalue weighted by atomic mass is 9.93. The molecule has 0 saturated carbocycles. The van der Waals surface area contributed by atoms with Gasteiger partial charge in [-0.25, -0.2) is 9.10 Å². The second-order valence-corrected chi connectivity index (χ2v) is 10.3. The normalized spacial score (nSPS) is 16.4. The first-order valence-electron chi connectivity index (χ1n) is 12.6. The topological polar surface area (TPSA) is 166 Å². The summed E-state index contributed by atoms with van der Waals surface area (Å²) >= 11 is -2.60. The van der Waals surface area contributed by atoms with Crippen molar-refractivity contribution in [3.63, 3.8) is 0 Å². The Kier molecular flexibility index (Phi) is 11.1. The van der Waals surface area contributed by atoms with Crippen molar-refractivity contribution in [1.29, 1.82) is 5.26 Å². The van der Waals surface area contributed by atoms with Gasteiger partial charge in [-0.3, -0.25) is 18.7 Å². The summed E-state index contributed by atoms with van der Waals surface area (Å²) in [4.78, 5) is 37.3. The Balaban J connectivity index is 1.45. The molecule has 2 atom stereocenters. The van der Waals surface area contributed by atoms with Gasteiger partial charge >= 0.3 is 5.97 Å². The van der Waals surface area contributed by atoms with Crippen LogP contribution in [0.5, 0.6) is 0 Å². The van der Waals surface area contributed by atoms with Crippen LogP contribution in [0.15, 0.2) is 54.1 Å². The SMILES string of the molecule is CC(c1cccc2ccccc12)N1CCC(CN(CC(=O)NCC(=O)NC/C=C(\C#N)C(=O)O)S(=O)[O-])CC1. The molecule has 3 rings (SSSR count). The second-order valence-electron chi connectivity index (χ2n) is 9.38. The number of carboxylic acid groups (broad SMARTS) is 1. The lowest BCUT2D eigenvalue weighted by molar-refractivity contribution is -0.132. The minimum atomic E-state index is -2.60. The summed E-state index contributed by atoms with van der Waals surface area (Å²) in [6.07, 6.45) is 2.63. The van der Waals surface area contributed by atoms with E-state index in [4.69, 9.17) is 10.4 Å². The lowest BCUT2D eigenvalue weighted by Crippen LogP contribution is -2.45. The molecule has 0 spiro atoms. The second kappa shape index (κ2) is 14.5. The molecule has 0 aromatic heterocycles. The molecular formula is C27H32N5O6S-. The summed E-state index contributed by atoms with van der Waals surface area (Å²) < 4.78 is 24.7. The van der Waals surface area contributed by atoms with Gasteiger partial charge < -0.3 is 20.3 Å². The molecule has 3 N–H and O–H groups in total. The van der Waals surface area contributed by atoms with Crippen molar-refractivity contribution in [1.82, 2.24) is 19.8 Å². The number of carboxylic acids is 1. The summed E-state index contributed by atoms with van der Waals surface area (Å²) in [5.74, 6) is -2.54. The van der Waals surface area contributed by atoms with Crippen LogP contribution in [-0.2, 0) is 25.7 Å². The van der Waals surface area contributed by atoms with Crippen molar-refractivity contribution < 1.29 is 28.3 Å². The monoisotopic (exact) mass is 554 g/mol. The minimum Gasteiger partial charge on any atom is -0.760 e. The van der Waals surface area contributed by atoms with Crippen molar-refractivity contribution in [2.75, 3.05) is 39.3 Å². The van der Waals surface area contributed by atoms with Crippen LogP contribution in [0.4, 0.5) is 0 Å². The largest absolute Gasteiger partial charge is 0.760 e. The number of rotatable bonds is 12. The molecule has 2 aromatic rings. The lowest BCUT2D eigenvalue weighted by Gasteiger charge is -2.38. The molecule has 0 radical (unpaired) electrons. The molecule has 1 aliphatic rings. The first kappa shape index (κ1) is 29.9. The number of nitriles is 1. The molecule has 1 aliphatic heterocycles. The van der Waals surface area contributed by atoms with E-state index >= 15 is 0 Å². The third-order valence-corrected chi connectivity index (χ3v) is 7.57. The molecule has 208 valence electrons. The third kappa shape index (κ3) is 8.69. The first-order chi connectivity index (χ1) is 18.7. The quantitative estimate of drug-likeness (QED) is 0.202. The van der Waals surface area contributed by atoms with Crippen LogP contribution in [0.2, 0.25) is 0 Å². The van der Waals surface area contributed by atoms with E-state index in [9.17, 15) is 23.1 Å². The zero-order valence-corrected chi connectivity index (χ0v) is 22.5. The van der Waals surface area contributed by atoms with Crippen LogP contribution in [0.3, 0.4) is 0 Å². The molecule has 39 heavy (non-hydrogen) atoms. The van der Waals surface area contributed by atoms with Gasteiger partial charge in [-0.05, 0) is 61.2 Å². The van der Waals surface area contributed by atoms with Gasteiger partial charge in [0.1, 0.15) is 11.6 Å². The van der Waals surface area contributed by atoms with Crippen LogP contribution in [0.25, 0.3) is 10.8 Å². The minimum absolute atomic E-state index is 0.102. The summed E-state index contributed by atoms with van der Waals surface area (Å²) in [5.41, 5.74) is 0.750. The number of amides is 2. The number of carbonyl (C=O) groups excluding carboxylic acids is 2. The fourth-order valence-electron chi connectivity index (χ4n) is 4.71. The summed E-state index contributed by atoms with van der Waals surface area (Å²) in [6, 6.07) is 16.3. The molecule has 0 aliphatic carbocycles. The zero-order valence-electron chi connectivity index (χ0n) is 21.7. The average molecular weight is 555 g/mol. The number of likely N-dealkylation sites (tertiary alicyclic amines) is 1. The zero-order chi connectivity index (χ0) is 28.4. The van der Waals surface area contributed by atoms with Crippen LogP contribution in [0, 0.1) is 17.2 Å². The van der Waals surface area contributed by atoms with Gasteiger partial charge in [0, 0.05) is 30.4 Å². The standard InChI is InChI=1S/C27H33N5O6S/c1-19(23-8-4-6-21-5-2-3-7-24(21)23)31-13-10-20(11-14-31)17-32(39(37)38)18-26(34)30-16-25(33)29-12-9-22(15-28)27(35)36/h2-9,19-20H,10-14,16-18H2,1H3,(H,29,33)(H,30,34)(H,35,36)(H,37,38)/p-1/b22-9+. The van der Waals surface area contributed by atoms with E-state index in [1.165, 1.54) is 22.4 Å². The van der Waals surface area contributed by atoms with Gasteiger partial charge in [-0.15, -0.1) is 0 Å². The van der Waals surface area contributed by atoms with Gasteiger partial charge in [-0.2, -0.15) is 5.26 Å². The predicted molar refractivity (Wildman–Crippen MR) is 145 cm³/mol. The van der Waals surface area contributed by atoms with E-state index in [0.717, 1.165) is 36.3 Å². The van der Waals surface area contributed by atoms with E-state index in [0.29, 0.717) is 0 Å². The van der Waals surface area contributed by atoms with Gasteiger partial charge in [0.15, 0.2) is 0 Å². The van der Waals surface area contributed by atoms with Crippen molar-refractivity contribution in [2.24, 2.45) is 5.92 Å². The number of piperidine rings is 1. The summed E-state index contributed by atoms with van der Waals surface area (Å²) in [6.45, 7) is 3.00. The van der Waals surface area contributed by atoms with E-state index in [1.54, 1.807) is 0 Å². The van der Waals surface area contributed by atoms with Crippen molar-refractivity contribution in [3.8, 4) is 6.07 Å². The van der Waals surface area contributed by atoms with E-state index in [1.807, 2.05) is 12.1 Å². The number of fused-ring (bicyclic) bond motifs is 1. The summed E-state index contributed by atoms with van der Waals surface area (Å²) in [7, 11) is 0. The number of carbonyl (C=O) groups is 3. The molecule has 11 nitrogen and oxygen atoms in total. The Morgan fingerprint density at radius 3 is 2.54 bits per heavy atom. The fraction of sp³-hybridized carbons (Fsp3) is 0.407. The highest BCUT2D eigenvalue weighted by Gasteiger charge is 2.26. The molecule has 1 heterocycles. The van der Waals surface area contributed by atoms with Crippen molar-refractivity contribution >= 4 is 39.8 Å².